The third-order valence-corrected chi connectivity index (χ3v) is 4.07. The van der Waals surface area contributed by atoms with Crippen molar-refractivity contribution in [1.29, 1.82) is 0 Å². The summed E-state index contributed by atoms with van der Waals surface area (Å²) in [6, 6.07) is 17.9. The largest absolute Gasteiger partial charge is 0.298 e. The number of carbonyl (C=O) groups is 1. The molecule has 0 radical (unpaired) electrons. The lowest BCUT2D eigenvalue weighted by Gasteiger charge is -1.97. The second kappa shape index (κ2) is 7.03. The molecule has 1 aromatic heterocycles. The zero-order valence-electron chi connectivity index (χ0n) is 12.7. The fourth-order valence-corrected chi connectivity index (χ4v) is 2.79. The highest BCUT2D eigenvalue weighted by atomic mass is 32.1. The smallest absolute Gasteiger partial charge is 0.250 e. The number of anilines is 1. The lowest BCUT2D eigenvalue weighted by Crippen LogP contribution is -2.07. The highest BCUT2D eigenvalue weighted by Crippen LogP contribution is 2.24. The van der Waals surface area contributed by atoms with Crippen molar-refractivity contribution in [2.24, 2.45) is 0 Å². The minimum Gasteiger partial charge on any atom is -0.298 e. The first-order chi connectivity index (χ1) is 11.2. The molecule has 4 heteroatoms. The molecular formula is C19H16N2OS. The van der Waals surface area contributed by atoms with Gasteiger partial charge in [-0.05, 0) is 18.6 Å². The first-order valence-corrected chi connectivity index (χ1v) is 8.15. The highest BCUT2D eigenvalue weighted by molar-refractivity contribution is 7.14. The maximum absolute atomic E-state index is 12.0. The fraction of sp³-hybridized carbons (Fsp3) is 0.0526. The van der Waals surface area contributed by atoms with Gasteiger partial charge in [-0.2, -0.15) is 0 Å². The van der Waals surface area contributed by atoms with Gasteiger partial charge in [0.05, 0.1) is 5.69 Å². The summed E-state index contributed by atoms with van der Waals surface area (Å²) in [5, 5.41) is 5.33. The minimum atomic E-state index is -0.181. The van der Waals surface area contributed by atoms with E-state index in [9.17, 15) is 4.79 Å². The Balaban J connectivity index is 1.64. The number of nitrogens with one attached hydrogen (secondary N) is 1. The number of nitrogens with zero attached hydrogens (tertiary/aromatic N) is 1. The van der Waals surface area contributed by atoms with Gasteiger partial charge in [0.1, 0.15) is 0 Å². The molecule has 0 aliphatic carbocycles. The topological polar surface area (TPSA) is 42.0 Å². The highest BCUT2D eigenvalue weighted by Gasteiger charge is 2.05. The van der Waals surface area contributed by atoms with Crippen LogP contribution in [0.2, 0.25) is 0 Å². The molecule has 0 aliphatic heterocycles. The predicted octanol–water partition coefficient (Wildman–Crippen LogP) is 4.77. The number of benzene rings is 2. The Bertz CT molecular complexity index is 820. The minimum absolute atomic E-state index is 0.181. The molecule has 1 N–H and O–H groups in total. The molecule has 0 fully saturated rings. The molecule has 0 bridgehead atoms. The van der Waals surface area contributed by atoms with Crippen LogP contribution in [0.15, 0.2) is 66.1 Å². The molecule has 0 unspecified atom stereocenters. The number of rotatable bonds is 4. The van der Waals surface area contributed by atoms with Crippen LogP contribution in [-0.4, -0.2) is 10.9 Å². The molecule has 23 heavy (non-hydrogen) atoms. The molecule has 0 aliphatic rings. The molecule has 0 saturated heterocycles. The van der Waals surface area contributed by atoms with E-state index in [-0.39, 0.29) is 5.91 Å². The lowest BCUT2D eigenvalue weighted by molar-refractivity contribution is -0.111. The quantitative estimate of drug-likeness (QED) is 0.704. The van der Waals surface area contributed by atoms with Crippen LogP contribution < -0.4 is 5.32 Å². The second-order valence-electron chi connectivity index (χ2n) is 5.14. The Hall–Kier alpha value is -2.72. The number of carbonyl (C=O) groups excluding carboxylic acids is 1. The Morgan fingerprint density at radius 3 is 2.57 bits per heavy atom. The third kappa shape index (κ3) is 4.14. The van der Waals surface area contributed by atoms with E-state index in [1.807, 2.05) is 66.9 Å². The number of hydrogen-bond donors (Lipinski definition) is 1. The van der Waals surface area contributed by atoms with Crippen LogP contribution in [0.5, 0.6) is 0 Å². The van der Waals surface area contributed by atoms with E-state index in [0.717, 1.165) is 16.8 Å². The first kappa shape index (κ1) is 15.2. The average Bonchev–Trinajstić information content (AvgIpc) is 3.04. The van der Waals surface area contributed by atoms with Gasteiger partial charge in [-0.15, -0.1) is 11.3 Å². The second-order valence-corrected chi connectivity index (χ2v) is 6.00. The normalized spacial score (nSPS) is 10.8. The molecule has 0 saturated carbocycles. The van der Waals surface area contributed by atoms with Crippen molar-refractivity contribution in [3.63, 3.8) is 0 Å². The Labute approximate surface area is 139 Å². The molecule has 114 valence electrons. The number of aromatic nitrogens is 1. The molecule has 3 aromatic rings. The Kier molecular flexibility index (Phi) is 4.64. The molecule has 3 nitrogen and oxygen atoms in total. The summed E-state index contributed by atoms with van der Waals surface area (Å²) in [5.41, 5.74) is 4.10. The van der Waals surface area contributed by atoms with Crippen molar-refractivity contribution in [2.45, 2.75) is 6.92 Å². The summed E-state index contributed by atoms with van der Waals surface area (Å²) in [6.45, 7) is 2.03. The van der Waals surface area contributed by atoms with Gasteiger partial charge in [-0.1, -0.05) is 60.2 Å². The van der Waals surface area contributed by atoms with E-state index < -0.39 is 0 Å². The van der Waals surface area contributed by atoms with Crippen LogP contribution in [-0.2, 0) is 4.79 Å². The summed E-state index contributed by atoms with van der Waals surface area (Å²) >= 11 is 1.42. The summed E-state index contributed by atoms with van der Waals surface area (Å²) in [4.78, 5) is 16.4. The molecule has 1 heterocycles. The molecule has 0 spiro atoms. The van der Waals surface area contributed by atoms with E-state index in [1.54, 1.807) is 6.08 Å². The average molecular weight is 320 g/mol. The van der Waals surface area contributed by atoms with Gasteiger partial charge in [-0.3, -0.25) is 10.1 Å². The van der Waals surface area contributed by atoms with Crippen LogP contribution in [0.25, 0.3) is 17.3 Å². The molecule has 0 atom stereocenters. The van der Waals surface area contributed by atoms with Crippen molar-refractivity contribution in [1.82, 2.24) is 4.98 Å². The van der Waals surface area contributed by atoms with Gasteiger partial charge in [0.25, 0.3) is 0 Å². The molecule has 1 amide bonds. The predicted molar refractivity (Wildman–Crippen MR) is 96.4 cm³/mol. The SMILES string of the molecule is Cc1ccc(/C=C/C(=O)Nc2nc(-c3ccccc3)cs2)cc1. The van der Waals surface area contributed by atoms with Gasteiger partial charge < -0.3 is 0 Å². The third-order valence-electron chi connectivity index (χ3n) is 3.31. The Morgan fingerprint density at radius 1 is 1.09 bits per heavy atom. The number of aryl methyl sites for hydroxylation is 1. The molecule has 3 rings (SSSR count). The van der Waals surface area contributed by atoms with Crippen molar-refractivity contribution in [3.8, 4) is 11.3 Å². The van der Waals surface area contributed by atoms with Crippen LogP contribution in [0.3, 0.4) is 0 Å². The summed E-state index contributed by atoms with van der Waals surface area (Å²) in [5.74, 6) is -0.181. The van der Waals surface area contributed by atoms with E-state index in [4.69, 9.17) is 0 Å². The standard InChI is InChI=1S/C19H16N2OS/c1-14-7-9-15(10-8-14)11-12-18(22)21-19-20-17(13-23-19)16-5-3-2-4-6-16/h2-13H,1H3,(H,20,21,22)/b12-11+. The van der Waals surface area contributed by atoms with Gasteiger partial charge in [0, 0.05) is 17.0 Å². The zero-order valence-corrected chi connectivity index (χ0v) is 13.5. The van der Waals surface area contributed by atoms with Crippen LogP contribution in [0.1, 0.15) is 11.1 Å². The number of hydrogen-bond acceptors (Lipinski definition) is 3. The fourth-order valence-electron chi connectivity index (χ4n) is 2.07. The lowest BCUT2D eigenvalue weighted by atomic mass is 10.1. The maximum atomic E-state index is 12.0. The number of thiazole rings is 1. The summed E-state index contributed by atoms with van der Waals surface area (Å²) < 4.78 is 0. The Morgan fingerprint density at radius 2 is 1.83 bits per heavy atom. The molecular weight excluding hydrogens is 304 g/mol. The monoisotopic (exact) mass is 320 g/mol. The van der Waals surface area contributed by atoms with Crippen LogP contribution >= 0.6 is 11.3 Å². The maximum Gasteiger partial charge on any atom is 0.250 e. The van der Waals surface area contributed by atoms with Gasteiger partial charge in [0.2, 0.25) is 5.91 Å². The van der Waals surface area contributed by atoms with Gasteiger partial charge in [-0.25, -0.2) is 4.98 Å². The van der Waals surface area contributed by atoms with Crippen molar-refractivity contribution >= 4 is 28.5 Å². The van der Waals surface area contributed by atoms with E-state index in [1.165, 1.54) is 23.0 Å². The number of amides is 1. The van der Waals surface area contributed by atoms with E-state index >= 15 is 0 Å². The molecule has 2 aromatic carbocycles. The summed E-state index contributed by atoms with van der Waals surface area (Å²) in [7, 11) is 0. The van der Waals surface area contributed by atoms with Crippen molar-refractivity contribution < 1.29 is 4.79 Å². The van der Waals surface area contributed by atoms with Gasteiger partial charge in [0.15, 0.2) is 5.13 Å². The summed E-state index contributed by atoms with van der Waals surface area (Å²) in [6.07, 6.45) is 3.31. The first-order valence-electron chi connectivity index (χ1n) is 7.27. The van der Waals surface area contributed by atoms with E-state index in [2.05, 4.69) is 10.3 Å². The van der Waals surface area contributed by atoms with Crippen LogP contribution in [0, 0.1) is 6.92 Å². The zero-order chi connectivity index (χ0) is 16.1. The van der Waals surface area contributed by atoms with E-state index in [0.29, 0.717) is 5.13 Å². The van der Waals surface area contributed by atoms with Crippen LogP contribution in [0.4, 0.5) is 5.13 Å². The van der Waals surface area contributed by atoms with Gasteiger partial charge >= 0.3 is 0 Å². The van der Waals surface area contributed by atoms with Crippen molar-refractivity contribution in [3.05, 3.63) is 77.2 Å². The van der Waals surface area contributed by atoms with Crippen molar-refractivity contribution in [2.75, 3.05) is 5.32 Å².